The third kappa shape index (κ3) is 3.24. The number of benzene rings is 2. The van der Waals surface area contributed by atoms with Crippen molar-refractivity contribution in [1.29, 1.82) is 0 Å². The van der Waals surface area contributed by atoms with Gasteiger partial charge in [0, 0.05) is 12.1 Å². The molecule has 2 aromatic rings. The third-order valence-corrected chi connectivity index (χ3v) is 3.82. The quantitative estimate of drug-likeness (QED) is 0.891. The molecule has 0 aromatic heterocycles. The van der Waals surface area contributed by atoms with Crippen LogP contribution in [-0.2, 0) is 6.54 Å². The Hall–Kier alpha value is -2.04. The second-order valence-electron chi connectivity index (χ2n) is 5.23. The minimum absolute atomic E-state index is 0. The molecular weight excluding hydrogens is 302 g/mol. The van der Waals surface area contributed by atoms with Gasteiger partial charge in [0.1, 0.15) is 12.4 Å². The van der Waals surface area contributed by atoms with Crippen molar-refractivity contribution in [3.63, 3.8) is 0 Å². The fourth-order valence-corrected chi connectivity index (χ4v) is 2.61. The van der Waals surface area contributed by atoms with Crippen LogP contribution in [0.1, 0.15) is 33.1 Å². The van der Waals surface area contributed by atoms with Crippen molar-refractivity contribution in [3.8, 4) is 5.75 Å². The number of nitrogens with one attached hydrogen (secondary N) is 1. The zero-order chi connectivity index (χ0) is 14.8. The second kappa shape index (κ2) is 6.81. The first-order valence-electron chi connectivity index (χ1n) is 6.93. The Balaban J connectivity index is 0.00000176. The molecule has 22 heavy (non-hydrogen) atoms. The van der Waals surface area contributed by atoms with Gasteiger partial charge in [0.2, 0.25) is 0 Å². The number of ether oxygens (including phenoxy) is 1. The van der Waals surface area contributed by atoms with Crippen LogP contribution in [0.2, 0.25) is 0 Å². The highest BCUT2D eigenvalue weighted by Gasteiger charge is 2.20. The molecule has 0 radical (unpaired) electrons. The maximum Gasteiger partial charge on any atom is 0.335 e. The fourth-order valence-electron chi connectivity index (χ4n) is 2.61. The lowest BCUT2D eigenvalue weighted by atomic mass is 10.0. The molecule has 116 valence electrons. The van der Waals surface area contributed by atoms with Crippen LogP contribution in [0.4, 0.5) is 0 Å². The van der Waals surface area contributed by atoms with Gasteiger partial charge in [-0.3, -0.25) is 0 Å². The molecule has 1 atom stereocenters. The minimum atomic E-state index is -0.936. The molecule has 1 aliphatic heterocycles. The molecule has 0 saturated heterocycles. The highest BCUT2D eigenvalue weighted by molar-refractivity contribution is 5.88. The smallest absolute Gasteiger partial charge is 0.335 e. The Labute approximate surface area is 135 Å². The molecule has 0 bridgehead atoms. The van der Waals surface area contributed by atoms with Gasteiger partial charge in [-0.1, -0.05) is 30.3 Å². The SMILES string of the molecule is Cc1ccccc1C1COc2cc(C(=O)O)ccc2CN1.Cl. The van der Waals surface area contributed by atoms with E-state index < -0.39 is 5.97 Å². The lowest BCUT2D eigenvalue weighted by Gasteiger charge is -2.17. The van der Waals surface area contributed by atoms with Gasteiger partial charge < -0.3 is 15.2 Å². The summed E-state index contributed by atoms with van der Waals surface area (Å²) in [6.07, 6.45) is 0. The summed E-state index contributed by atoms with van der Waals surface area (Å²) in [4.78, 5) is 11.0. The largest absolute Gasteiger partial charge is 0.491 e. The number of halogens is 1. The van der Waals surface area contributed by atoms with E-state index in [-0.39, 0.29) is 24.0 Å². The molecule has 3 rings (SSSR count). The Morgan fingerprint density at radius 1 is 1.27 bits per heavy atom. The van der Waals surface area contributed by atoms with Crippen molar-refractivity contribution in [2.24, 2.45) is 0 Å². The van der Waals surface area contributed by atoms with E-state index >= 15 is 0 Å². The summed E-state index contributed by atoms with van der Waals surface area (Å²) in [5.41, 5.74) is 3.67. The van der Waals surface area contributed by atoms with Gasteiger partial charge in [0.25, 0.3) is 0 Å². The number of fused-ring (bicyclic) bond motifs is 1. The second-order valence-corrected chi connectivity index (χ2v) is 5.23. The number of hydrogen-bond donors (Lipinski definition) is 2. The van der Waals surface area contributed by atoms with E-state index in [4.69, 9.17) is 9.84 Å². The van der Waals surface area contributed by atoms with Crippen LogP contribution < -0.4 is 10.1 Å². The average molecular weight is 320 g/mol. The maximum atomic E-state index is 11.0. The van der Waals surface area contributed by atoms with Crippen molar-refractivity contribution < 1.29 is 14.6 Å². The molecule has 2 N–H and O–H groups in total. The monoisotopic (exact) mass is 319 g/mol. The van der Waals surface area contributed by atoms with Crippen LogP contribution in [0.5, 0.6) is 5.75 Å². The molecule has 0 aliphatic carbocycles. The average Bonchev–Trinajstić information content (AvgIpc) is 2.69. The molecule has 0 spiro atoms. The maximum absolute atomic E-state index is 11.0. The van der Waals surface area contributed by atoms with Gasteiger partial charge in [-0.25, -0.2) is 4.79 Å². The first kappa shape index (κ1) is 16.3. The van der Waals surface area contributed by atoms with Crippen LogP contribution >= 0.6 is 12.4 Å². The van der Waals surface area contributed by atoms with Gasteiger partial charge >= 0.3 is 5.97 Å². The van der Waals surface area contributed by atoms with E-state index in [1.54, 1.807) is 12.1 Å². The van der Waals surface area contributed by atoms with Crippen LogP contribution in [0, 0.1) is 6.92 Å². The number of carbonyl (C=O) groups is 1. The van der Waals surface area contributed by atoms with Crippen LogP contribution in [0.25, 0.3) is 0 Å². The van der Waals surface area contributed by atoms with Gasteiger partial charge in [0.15, 0.2) is 0 Å². The van der Waals surface area contributed by atoms with E-state index in [9.17, 15) is 4.79 Å². The summed E-state index contributed by atoms with van der Waals surface area (Å²) in [5.74, 6) is -0.285. The van der Waals surface area contributed by atoms with Crippen LogP contribution in [0.15, 0.2) is 42.5 Å². The molecule has 4 nitrogen and oxygen atoms in total. The summed E-state index contributed by atoms with van der Waals surface area (Å²) in [6, 6.07) is 13.3. The summed E-state index contributed by atoms with van der Waals surface area (Å²) in [6.45, 7) is 3.23. The van der Waals surface area contributed by atoms with E-state index in [0.29, 0.717) is 18.9 Å². The Bertz CT molecular complexity index is 687. The van der Waals surface area contributed by atoms with Crippen molar-refractivity contribution in [2.45, 2.75) is 19.5 Å². The Morgan fingerprint density at radius 3 is 2.77 bits per heavy atom. The summed E-state index contributed by atoms with van der Waals surface area (Å²) >= 11 is 0. The first-order valence-corrected chi connectivity index (χ1v) is 6.93. The molecule has 1 aliphatic rings. The zero-order valence-corrected chi connectivity index (χ0v) is 13.0. The number of rotatable bonds is 2. The van der Waals surface area contributed by atoms with Gasteiger partial charge in [-0.05, 0) is 30.2 Å². The van der Waals surface area contributed by atoms with Crippen molar-refractivity contribution in [1.82, 2.24) is 5.32 Å². The predicted octanol–water partition coefficient (Wildman–Crippen LogP) is 3.34. The third-order valence-electron chi connectivity index (χ3n) is 3.82. The van der Waals surface area contributed by atoms with E-state index in [0.717, 1.165) is 5.56 Å². The Kier molecular flexibility index (Phi) is 5.06. The topological polar surface area (TPSA) is 58.6 Å². The summed E-state index contributed by atoms with van der Waals surface area (Å²) in [7, 11) is 0. The van der Waals surface area contributed by atoms with Gasteiger partial charge in [-0.2, -0.15) is 0 Å². The highest BCUT2D eigenvalue weighted by atomic mass is 35.5. The number of carboxylic acid groups (broad SMARTS) is 1. The van der Waals surface area contributed by atoms with Crippen molar-refractivity contribution in [2.75, 3.05) is 6.61 Å². The number of hydrogen-bond acceptors (Lipinski definition) is 3. The number of carboxylic acids is 1. The predicted molar refractivity (Wildman–Crippen MR) is 86.9 cm³/mol. The summed E-state index contributed by atoms with van der Waals surface area (Å²) < 4.78 is 5.84. The van der Waals surface area contributed by atoms with E-state index in [2.05, 4.69) is 24.4 Å². The summed E-state index contributed by atoms with van der Waals surface area (Å²) in [5, 5.41) is 12.5. The molecule has 0 saturated carbocycles. The fraction of sp³-hybridized carbons (Fsp3) is 0.235. The van der Waals surface area contributed by atoms with E-state index in [1.165, 1.54) is 11.1 Å². The van der Waals surface area contributed by atoms with Crippen molar-refractivity contribution in [3.05, 3.63) is 64.7 Å². The normalized spacial score (nSPS) is 16.7. The zero-order valence-electron chi connectivity index (χ0n) is 12.2. The molecule has 2 aromatic carbocycles. The standard InChI is InChI=1S/C17H17NO3.ClH/c1-11-4-2-3-5-14(11)15-10-21-16-8-12(17(19)20)6-7-13(16)9-18-15;/h2-8,15,18H,9-10H2,1H3,(H,19,20);1H. The molecule has 1 heterocycles. The first-order chi connectivity index (χ1) is 10.1. The molecular formula is C17H18ClNO3. The molecule has 5 heteroatoms. The molecule has 1 unspecified atom stereocenters. The number of aryl methyl sites for hydroxylation is 1. The van der Waals surface area contributed by atoms with E-state index in [1.807, 2.05) is 18.2 Å². The molecule has 0 fully saturated rings. The minimum Gasteiger partial charge on any atom is -0.491 e. The number of aromatic carboxylic acids is 1. The highest BCUT2D eigenvalue weighted by Crippen LogP contribution is 2.27. The lowest BCUT2D eigenvalue weighted by Crippen LogP contribution is -2.24. The van der Waals surface area contributed by atoms with Gasteiger partial charge in [0.05, 0.1) is 11.6 Å². The van der Waals surface area contributed by atoms with Gasteiger partial charge in [-0.15, -0.1) is 12.4 Å². The van der Waals surface area contributed by atoms with Crippen LogP contribution in [-0.4, -0.2) is 17.7 Å². The lowest BCUT2D eigenvalue weighted by molar-refractivity contribution is 0.0696. The Morgan fingerprint density at radius 2 is 2.05 bits per heavy atom. The van der Waals surface area contributed by atoms with Crippen molar-refractivity contribution >= 4 is 18.4 Å². The molecule has 0 amide bonds. The van der Waals surface area contributed by atoms with Crippen LogP contribution in [0.3, 0.4) is 0 Å².